The molecule has 0 aliphatic heterocycles. The highest BCUT2D eigenvalue weighted by atomic mass is 14.9. The molecule has 2 heterocycles. The smallest absolute Gasteiger partial charge is 0.0704 e. The highest BCUT2D eigenvalue weighted by Gasteiger charge is 2.22. The van der Waals surface area contributed by atoms with Gasteiger partial charge in [-0.1, -0.05) is 80.5 Å². The minimum Gasteiger partial charge on any atom is -0.308 e. The largest absolute Gasteiger partial charge is 0.308 e. The molecule has 0 radical (unpaired) electrons. The molecule has 0 amide bonds. The van der Waals surface area contributed by atoms with Crippen molar-refractivity contribution in [3.8, 4) is 0 Å². The first-order chi connectivity index (χ1) is 16.1. The van der Waals surface area contributed by atoms with E-state index in [2.05, 4.69) is 78.6 Å². The Balaban J connectivity index is 2.56. The van der Waals surface area contributed by atoms with Crippen LogP contribution in [0.2, 0.25) is 0 Å². The molecule has 0 fully saturated rings. The fraction of sp³-hybridized carbons (Fsp3) is 0.129. The molecule has 166 valence electrons. The van der Waals surface area contributed by atoms with E-state index in [-0.39, 0.29) is 0 Å². The highest BCUT2D eigenvalue weighted by Crippen LogP contribution is 2.40. The lowest BCUT2D eigenvalue weighted by molar-refractivity contribution is 1.17. The third-order valence-corrected chi connectivity index (χ3v) is 5.68. The minimum atomic E-state index is 0.929. The van der Waals surface area contributed by atoms with Gasteiger partial charge in [0.25, 0.3) is 0 Å². The zero-order valence-corrected chi connectivity index (χ0v) is 20.1. The summed E-state index contributed by atoms with van der Waals surface area (Å²) >= 11 is 0. The summed E-state index contributed by atoms with van der Waals surface area (Å²) in [7, 11) is 0. The highest BCUT2D eigenvalue weighted by molar-refractivity contribution is 6.10. The van der Waals surface area contributed by atoms with E-state index in [0.717, 1.165) is 44.7 Å². The Labute approximate surface area is 197 Å². The standard InChI is InChI=1S/C31H32N2/c1-8-14-17-22(7)23(11-4)30-21-27-25(28(32-13-6)18-15-9-2)19-20-26-24(12-5)29(16-10-3)33(30)31(26)27/h8-21H,1,4-5H2,2-3,6-7H3/b15-9-,16-10-,17-14-,23-22+,28-18-,32-13-. The van der Waals surface area contributed by atoms with Crippen molar-refractivity contribution < 1.29 is 0 Å². The Bertz CT molecular complexity index is 1380. The molecule has 0 saturated heterocycles. The third-order valence-electron chi connectivity index (χ3n) is 5.68. The van der Waals surface area contributed by atoms with Crippen LogP contribution < -0.4 is 0 Å². The van der Waals surface area contributed by atoms with Gasteiger partial charge < -0.3 is 4.40 Å². The average Bonchev–Trinajstić information content (AvgIpc) is 3.35. The number of hydrogen-bond acceptors (Lipinski definition) is 1. The van der Waals surface area contributed by atoms with E-state index in [1.807, 2.05) is 57.4 Å². The van der Waals surface area contributed by atoms with Crippen LogP contribution in [0, 0.1) is 0 Å². The summed E-state index contributed by atoms with van der Waals surface area (Å²) in [6.07, 6.45) is 21.8. The number of aliphatic imine (C=N–C) groups is 1. The van der Waals surface area contributed by atoms with Crippen molar-refractivity contribution in [1.29, 1.82) is 0 Å². The van der Waals surface area contributed by atoms with Crippen LogP contribution in [0.25, 0.3) is 39.7 Å². The minimum absolute atomic E-state index is 0.929. The van der Waals surface area contributed by atoms with Gasteiger partial charge in [-0.05, 0) is 51.5 Å². The molecule has 0 N–H and O–H groups in total. The second-order valence-electron chi connectivity index (χ2n) is 7.65. The Kier molecular flexibility index (Phi) is 7.63. The van der Waals surface area contributed by atoms with Gasteiger partial charge in [-0.2, -0.15) is 0 Å². The molecule has 3 aromatic rings. The maximum atomic E-state index is 4.68. The van der Waals surface area contributed by atoms with Crippen molar-refractivity contribution in [2.75, 3.05) is 0 Å². The predicted molar refractivity (Wildman–Crippen MR) is 150 cm³/mol. The van der Waals surface area contributed by atoms with Crippen LogP contribution in [0.5, 0.6) is 0 Å². The number of aromatic nitrogens is 1. The van der Waals surface area contributed by atoms with Gasteiger partial charge in [0.05, 0.1) is 22.6 Å². The van der Waals surface area contributed by atoms with Gasteiger partial charge in [-0.25, -0.2) is 0 Å². The van der Waals surface area contributed by atoms with E-state index in [4.69, 9.17) is 0 Å². The van der Waals surface area contributed by atoms with Gasteiger partial charge in [0.15, 0.2) is 0 Å². The van der Waals surface area contributed by atoms with Gasteiger partial charge in [0.2, 0.25) is 0 Å². The summed E-state index contributed by atoms with van der Waals surface area (Å²) < 4.78 is 2.33. The van der Waals surface area contributed by atoms with Crippen molar-refractivity contribution in [2.24, 2.45) is 4.99 Å². The van der Waals surface area contributed by atoms with Crippen LogP contribution in [0.4, 0.5) is 0 Å². The molecule has 33 heavy (non-hydrogen) atoms. The van der Waals surface area contributed by atoms with Crippen LogP contribution in [-0.4, -0.2) is 10.6 Å². The summed E-state index contributed by atoms with van der Waals surface area (Å²) in [6.45, 7) is 20.2. The van der Waals surface area contributed by atoms with E-state index < -0.39 is 0 Å². The molecule has 0 atom stereocenters. The first kappa shape index (κ1) is 23.7. The molecule has 2 nitrogen and oxygen atoms in total. The fourth-order valence-corrected chi connectivity index (χ4v) is 4.30. The Morgan fingerprint density at radius 3 is 2.39 bits per heavy atom. The zero-order valence-electron chi connectivity index (χ0n) is 20.1. The lowest BCUT2D eigenvalue weighted by Crippen LogP contribution is -1.94. The number of allylic oxidation sites excluding steroid dienone is 10. The molecular formula is C31H32N2. The lowest BCUT2D eigenvalue weighted by Gasteiger charge is -2.08. The molecule has 0 bridgehead atoms. The number of rotatable bonds is 9. The lowest BCUT2D eigenvalue weighted by atomic mass is 10.00. The van der Waals surface area contributed by atoms with E-state index >= 15 is 0 Å². The monoisotopic (exact) mass is 432 g/mol. The molecule has 3 rings (SSSR count). The van der Waals surface area contributed by atoms with E-state index in [1.54, 1.807) is 6.08 Å². The van der Waals surface area contributed by atoms with Crippen LogP contribution in [-0.2, 0) is 0 Å². The van der Waals surface area contributed by atoms with Crippen LogP contribution in [0.1, 0.15) is 50.2 Å². The first-order valence-electron chi connectivity index (χ1n) is 11.2. The summed E-state index contributed by atoms with van der Waals surface area (Å²) in [5.74, 6) is 0. The molecule has 2 aromatic heterocycles. The zero-order chi connectivity index (χ0) is 24.0. The summed E-state index contributed by atoms with van der Waals surface area (Å²) in [5.41, 5.74) is 8.72. The molecule has 0 spiro atoms. The van der Waals surface area contributed by atoms with Gasteiger partial charge >= 0.3 is 0 Å². The van der Waals surface area contributed by atoms with Gasteiger partial charge in [-0.3, -0.25) is 4.99 Å². The fourth-order valence-electron chi connectivity index (χ4n) is 4.30. The summed E-state index contributed by atoms with van der Waals surface area (Å²) in [6, 6.07) is 6.61. The van der Waals surface area contributed by atoms with Crippen molar-refractivity contribution in [3.63, 3.8) is 0 Å². The van der Waals surface area contributed by atoms with Crippen molar-refractivity contribution in [2.45, 2.75) is 27.7 Å². The quantitative estimate of drug-likeness (QED) is 0.237. The molecule has 0 aliphatic rings. The third kappa shape index (κ3) is 4.25. The molecule has 0 saturated carbocycles. The van der Waals surface area contributed by atoms with E-state index in [1.165, 1.54) is 10.9 Å². The molecule has 2 heteroatoms. The Hall–Kier alpha value is -3.91. The second-order valence-corrected chi connectivity index (χ2v) is 7.65. The Morgan fingerprint density at radius 2 is 1.79 bits per heavy atom. The number of hydrogen-bond donors (Lipinski definition) is 0. The van der Waals surface area contributed by atoms with E-state index in [0.29, 0.717) is 0 Å². The molecule has 1 aromatic carbocycles. The molecular weight excluding hydrogens is 400 g/mol. The molecule has 0 unspecified atom stereocenters. The van der Waals surface area contributed by atoms with E-state index in [9.17, 15) is 0 Å². The maximum Gasteiger partial charge on any atom is 0.0704 e. The number of nitrogens with zero attached hydrogens (tertiary/aromatic N) is 2. The van der Waals surface area contributed by atoms with Crippen LogP contribution in [0.3, 0.4) is 0 Å². The maximum absolute atomic E-state index is 4.68. The first-order valence-corrected chi connectivity index (χ1v) is 11.2. The van der Waals surface area contributed by atoms with Crippen molar-refractivity contribution in [1.82, 2.24) is 4.40 Å². The van der Waals surface area contributed by atoms with Gasteiger partial charge in [0, 0.05) is 33.7 Å². The number of benzene rings is 1. The van der Waals surface area contributed by atoms with Gasteiger partial charge in [-0.15, -0.1) is 0 Å². The predicted octanol–water partition coefficient (Wildman–Crippen LogP) is 8.92. The molecule has 0 aliphatic carbocycles. The van der Waals surface area contributed by atoms with Crippen LogP contribution >= 0.6 is 0 Å². The van der Waals surface area contributed by atoms with Crippen molar-refractivity contribution >= 4 is 45.9 Å². The topological polar surface area (TPSA) is 16.8 Å². The van der Waals surface area contributed by atoms with Crippen molar-refractivity contribution in [3.05, 3.63) is 115 Å². The summed E-state index contributed by atoms with van der Waals surface area (Å²) in [4.78, 5) is 4.68. The second kappa shape index (κ2) is 10.6. The normalized spacial score (nSPS) is 14.0. The van der Waals surface area contributed by atoms with Crippen LogP contribution in [0.15, 0.2) is 97.1 Å². The summed E-state index contributed by atoms with van der Waals surface area (Å²) in [5, 5.41) is 2.33. The van der Waals surface area contributed by atoms with Gasteiger partial charge in [0.1, 0.15) is 0 Å². The Morgan fingerprint density at radius 1 is 1.00 bits per heavy atom. The average molecular weight is 433 g/mol. The SMILES string of the molecule is C=C/C=C\C(C)=C(/C=C)c1cc2c(C(=C/C=C\C)/N=C\C)ccc3c(C=C)c(/C=C\C)n1c23.